The maximum Gasteiger partial charge on any atom is 0.337 e. The van der Waals surface area contributed by atoms with Gasteiger partial charge in [0, 0.05) is 33.2 Å². The Morgan fingerprint density at radius 2 is 1.76 bits per heavy atom. The number of hydrogen-bond donors (Lipinski definition) is 5. The number of nitrogens with one attached hydrogen (secondary N) is 4. The molecule has 1 aliphatic heterocycles. The second-order valence-electron chi connectivity index (χ2n) is 7.66. The first kappa shape index (κ1) is 22.8. The Bertz CT molecular complexity index is 1390. The molecule has 1 aromatic heterocycles. The van der Waals surface area contributed by atoms with Crippen LogP contribution in [0.5, 0.6) is 0 Å². The highest BCUT2D eigenvalue weighted by molar-refractivity contribution is 6.35. The number of urea groups is 1. The molecule has 2 aromatic carbocycles. The molecule has 0 unspecified atom stereocenters. The summed E-state index contributed by atoms with van der Waals surface area (Å²) in [6, 6.07) is 10.2. The van der Waals surface area contributed by atoms with Gasteiger partial charge in [-0.25, -0.2) is 9.59 Å². The lowest BCUT2D eigenvalue weighted by atomic mass is 10.0. The summed E-state index contributed by atoms with van der Waals surface area (Å²) in [5.74, 6) is -2.00. The minimum Gasteiger partial charge on any atom is -0.478 e. The highest BCUT2D eigenvalue weighted by atomic mass is 35.5. The van der Waals surface area contributed by atoms with Gasteiger partial charge in [-0.1, -0.05) is 17.7 Å². The van der Waals surface area contributed by atoms with Crippen LogP contribution in [-0.2, 0) is 4.79 Å². The minimum absolute atomic E-state index is 0.171. The van der Waals surface area contributed by atoms with Crippen LogP contribution in [0.2, 0.25) is 5.02 Å². The third kappa shape index (κ3) is 4.41. The van der Waals surface area contributed by atoms with Gasteiger partial charge in [-0.2, -0.15) is 0 Å². The summed E-state index contributed by atoms with van der Waals surface area (Å²) >= 11 is 5.80. The summed E-state index contributed by atoms with van der Waals surface area (Å²) in [5, 5.41) is 17.4. The number of carboxylic acid groups (broad SMARTS) is 1. The molecule has 5 N–H and O–H groups in total. The SMILES string of the molecule is Cc1[nH]c(C=C2C(=O)Nc3cc(NC(=O)NC(=O)c4ccc(Cl)cc4)ccc32)c(C)c1C(=O)O. The number of hydrogen-bond acceptors (Lipinski definition) is 4. The van der Waals surface area contributed by atoms with Gasteiger partial charge in [-0.05, 0) is 61.9 Å². The fourth-order valence-electron chi connectivity index (χ4n) is 3.74. The molecular formula is C24H19ClN4O5. The van der Waals surface area contributed by atoms with Crippen molar-refractivity contribution in [3.8, 4) is 0 Å². The highest BCUT2D eigenvalue weighted by Gasteiger charge is 2.26. The summed E-state index contributed by atoms with van der Waals surface area (Å²) in [7, 11) is 0. The molecule has 0 atom stereocenters. The zero-order chi connectivity index (χ0) is 24.6. The van der Waals surface area contributed by atoms with Crippen LogP contribution in [0, 0.1) is 13.8 Å². The van der Waals surface area contributed by atoms with E-state index in [1.807, 2.05) is 0 Å². The van der Waals surface area contributed by atoms with Crippen LogP contribution in [-0.4, -0.2) is 33.9 Å². The summed E-state index contributed by atoms with van der Waals surface area (Å²) in [6.45, 7) is 3.33. The molecule has 0 aliphatic carbocycles. The molecule has 0 radical (unpaired) electrons. The smallest absolute Gasteiger partial charge is 0.337 e. The summed E-state index contributed by atoms with van der Waals surface area (Å²) in [6.07, 6.45) is 1.60. The zero-order valence-electron chi connectivity index (χ0n) is 18.1. The maximum atomic E-state index is 12.6. The third-order valence-electron chi connectivity index (χ3n) is 5.37. The predicted molar refractivity (Wildman–Crippen MR) is 128 cm³/mol. The van der Waals surface area contributed by atoms with Gasteiger partial charge >= 0.3 is 12.0 Å². The standard InChI is InChI=1S/C24H19ClN4O5/c1-11-18(26-12(2)20(11)23(32)33)10-17-16-8-7-15(9-19(16)28-22(17)31)27-24(34)29-21(30)13-3-5-14(25)6-4-13/h3-10,26H,1-2H3,(H,28,31)(H,32,33)(H2,27,29,30,34). The fourth-order valence-corrected chi connectivity index (χ4v) is 3.86. The molecular weight excluding hydrogens is 460 g/mol. The number of carboxylic acids is 1. The second kappa shape index (κ2) is 8.87. The lowest BCUT2D eigenvalue weighted by Gasteiger charge is -2.08. The minimum atomic E-state index is -1.05. The third-order valence-corrected chi connectivity index (χ3v) is 5.62. The molecule has 0 saturated heterocycles. The first-order chi connectivity index (χ1) is 16.1. The number of carbonyl (C=O) groups is 4. The molecule has 2 heterocycles. The number of carbonyl (C=O) groups excluding carboxylic acids is 3. The van der Waals surface area contributed by atoms with Crippen molar-refractivity contribution >= 4 is 58.4 Å². The second-order valence-corrected chi connectivity index (χ2v) is 8.09. The molecule has 0 spiro atoms. The van der Waals surface area contributed by atoms with Gasteiger partial charge in [0.2, 0.25) is 0 Å². The van der Waals surface area contributed by atoms with E-state index in [-0.39, 0.29) is 17.0 Å². The van der Waals surface area contributed by atoms with Crippen molar-refractivity contribution in [1.29, 1.82) is 0 Å². The number of aryl methyl sites for hydroxylation is 1. The molecule has 4 amide bonds. The number of rotatable bonds is 4. The van der Waals surface area contributed by atoms with Crippen molar-refractivity contribution in [3.63, 3.8) is 0 Å². The van der Waals surface area contributed by atoms with Crippen molar-refractivity contribution in [3.05, 3.63) is 81.1 Å². The van der Waals surface area contributed by atoms with Crippen molar-refractivity contribution < 1.29 is 24.3 Å². The van der Waals surface area contributed by atoms with E-state index in [4.69, 9.17) is 11.6 Å². The number of aromatic carboxylic acids is 1. The molecule has 0 fully saturated rings. The van der Waals surface area contributed by atoms with Gasteiger partial charge in [0.1, 0.15) is 0 Å². The van der Waals surface area contributed by atoms with E-state index in [1.54, 1.807) is 50.3 Å². The Labute approximate surface area is 198 Å². The number of imide groups is 1. The molecule has 0 saturated carbocycles. The molecule has 4 rings (SSSR count). The average molecular weight is 479 g/mol. The first-order valence-electron chi connectivity index (χ1n) is 10.1. The largest absolute Gasteiger partial charge is 0.478 e. The van der Waals surface area contributed by atoms with Crippen LogP contribution < -0.4 is 16.0 Å². The Hall–Kier alpha value is -4.37. The van der Waals surface area contributed by atoms with Crippen LogP contribution in [0.3, 0.4) is 0 Å². The van der Waals surface area contributed by atoms with Gasteiger partial charge in [-0.3, -0.25) is 14.9 Å². The van der Waals surface area contributed by atoms with Gasteiger partial charge in [0.25, 0.3) is 11.8 Å². The molecule has 34 heavy (non-hydrogen) atoms. The van der Waals surface area contributed by atoms with Crippen LogP contribution in [0.15, 0.2) is 42.5 Å². The Balaban J connectivity index is 1.52. The summed E-state index contributed by atoms with van der Waals surface area (Å²) < 4.78 is 0. The number of aromatic nitrogens is 1. The van der Waals surface area contributed by atoms with Gasteiger partial charge in [0.05, 0.1) is 16.8 Å². The number of aromatic amines is 1. The fraction of sp³-hybridized carbons (Fsp3) is 0.0833. The van der Waals surface area contributed by atoms with E-state index >= 15 is 0 Å². The first-order valence-corrected chi connectivity index (χ1v) is 10.5. The Morgan fingerprint density at radius 3 is 2.41 bits per heavy atom. The van der Waals surface area contributed by atoms with E-state index in [0.29, 0.717) is 44.5 Å². The molecule has 172 valence electrons. The van der Waals surface area contributed by atoms with Crippen LogP contribution in [0.1, 0.15) is 43.2 Å². The van der Waals surface area contributed by atoms with Crippen molar-refractivity contribution in [1.82, 2.24) is 10.3 Å². The van der Waals surface area contributed by atoms with Gasteiger partial charge in [0.15, 0.2) is 0 Å². The lowest BCUT2D eigenvalue weighted by Crippen LogP contribution is -2.34. The van der Waals surface area contributed by atoms with Gasteiger partial charge < -0.3 is 20.7 Å². The van der Waals surface area contributed by atoms with E-state index in [0.717, 1.165) is 0 Å². The van der Waals surface area contributed by atoms with Crippen molar-refractivity contribution in [2.75, 3.05) is 10.6 Å². The normalized spacial score (nSPS) is 13.4. The molecule has 3 aromatic rings. The van der Waals surface area contributed by atoms with Crippen LogP contribution >= 0.6 is 11.6 Å². The van der Waals surface area contributed by atoms with E-state index < -0.39 is 17.9 Å². The number of benzene rings is 2. The maximum absolute atomic E-state index is 12.6. The van der Waals surface area contributed by atoms with E-state index in [1.165, 1.54) is 12.1 Å². The summed E-state index contributed by atoms with van der Waals surface area (Å²) in [4.78, 5) is 51.4. The molecule has 9 nitrogen and oxygen atoms in total. The van der Waals surface area contributed by atoms with Crippen molar-refractivity contribution in [2.24, 2.45) is 0 Å². The molecule has 10 heteroatoms. The van der Waals surface area contributed by atoms with Crippen LogP contribution in [0.4, 0.5) is 16.2 Å². The average Bonchev–Trinajstić information content (AvgIpc) is 3.23. The zero-order valence-corrected chi connectivity index (χ0v) is 18.8. The number of H-pyrrole nitrogens is 1. The monoisotopic (exact) mass is 478 g/mol. The van der Waals surface area contributed by atoms with Crippen molar-refractivity contribution in [2.45, 2.75) is 13.8 Å². The van der Waals surface area contributed by atoms with E-state index in [9.17, 15) is 24.3 Å². The number of halogens is 1. The number of amides is 4. The van der Waals surface area contributed by atoms with Crippen LogP contribution in [0.25, 0.3) is 11.6 Å². The molecule has 0 bridgehead atoms. The Kier molecular flexibility index (Phi) is 5.95. The topological polar surface area (TPSA) is 140 Å². The Morgan fingerprint density at radius 1 is 1.06 bits per heavy atom. The number of fused-ring (bicyclic) bond motifs is 1. The molecule has 1 aliphatic rings. The lowest BCUT2D eigenvalue weighted by molar-refractivity contribution is -0.110. The highest BCUT2D eigenvalue weighted by Crippen LogP contribution is 2.35. The summed E-state index contributed by atoms with van der Waals surface area (Å²) in [5.41, 5.74) is 3.77. The predicted octanol–water partition coefficient (Wildman–Crippen LogP) is 4.44. The van der Waals surface area contributed by atoms with Gasteiger partial charge in [-0.15, -0.1) is 0 Å². The van der Waals surface area contributed by atoms with E-state index in [2.05, 4.69) is 20.9 Å². The number of anilines is 2. The quantitative estimate of drug-likeness (QED) is 0.353.